The summed E-state index contributed by atoms with van der Waals surface area (Å²) in [4.78, 5) is 14.0. The molecule has 0 aromatic heterocycles. The maximum absolute atomic E-state index is 11.9. The molecule has 0 spiro atoms. The predicted octanol–water partition coefficient (Wildman–Crippen LogP) is 1.30. The molecule has 1 unspecified atom stereocenters. The summed E-state index contributed by atoms with van der Waals surface area (Å²) in [5, 5.41) is 3.60. The van der Waals surface area contributed by atoms with E-state index < -0.39 is 0 Å². The van der Waals surface area contributed by atoms with Crippen LogP contribution in [0.1, 0.15) is 12.0 Å². The minimum Gasteiger partial charge on any atom is -0.358 e. The number of nitrogens with zero attached hydrogens (tertiary/aromatic N) is 1. The number of rotatable bonds is 3. The van der Waals surface area contributed by atoms with E-state index in [1.165, 1.54) is 0 Å². The van der Waals surface area contributed by atoms with Crippen LogP contribution in [0.4, 0.5) is 5.69 Å². The van der Waals surface area contributed by atoms with Crippen LogP contribution in [0.3, 0.4) is 0 Å². The van der Waals surface area contributed by atoms with Gasteiger partial charge in [-0.25, -0.2) is 0 Å². The van der Waals surface area contributed by atoms with Crippen molar-refractivity contribution in [2.75, 3.05) is 24.5 Å². The Kier molecular flexibility index (Phi) is 4.09. The average Bonchev–Trinajstić information content (AvgIpc) is 2.35. The van der Waals surface area contributed by atoms with E-state index in [1.807, 2.05) is 25.1 Å². The van der Waals surface area contributed by atoms with Gasteiger partial charge in [0.15, 0.2) is 0 Å². The summed E-state index contributed by atoms with van der Waals surface area (Å²) >= 11 is 6.14. The van der Waals surface area contributed by atoms with Crippen molar-refractivity contribution in [1.82, 2.24) is 5.32 Å². The van der Waals surface area contributed by atoms with Crippen molar-refractivity contribution in [3.05, 3.63) is 28.8 Å². The first kappa shape index (κ1) is 13.2. The van der Waals surface area contributed by atoms with Crippen LogP contribution in [0.25, 0.3) is 0 Å². The first-order chi connectivity index (χ1) is 8.63. The van der Waals surface area contributed by atoms with Gasteiger partial charge < -0.3 is 16.0 Å². The Bertz CT molecular complexity index is 450. The summed E-state index contributed by atoms with van der Waals surface area (Å²) in [6.45, 7) is 3.90. The number of nitrogens with two attached hydrogens (primary N) is 1. The Morgan fingerprint density at radius 1 is 1.56 bits per heavy atom. The van der Waals surface area contributed by atoms with Gasteiger partial charge in [0, 0.05) is 23.8 Å². The summed E-state index contributed by atoms with van der Waals surface area (Å²) in [5.74, 6) is 0.0448. The van der Waals surface area contributed by atoms with Gasteiger partial charge in [0.2, 0.25) is 5.91 Å². The molecule has 98 valence electrons. The number of aryl methyl sites for hydroxylation is 1. The molecule has 1 saturated heterocycles. The number of halogens is 1. The van der Waals surface area contributed by atoms with E-state index in [9.17, 15) is 4.79 Å². The lowest BCUT2D eigenvalue weighted by Gasteiger charge is -2.36. The molecule has 1 aromatic rings. The Labute approximate surface area is 112 Å². The minimum absolute atomic E-state index is 0.0448. The summed E-state index contributed by atoms with van der Waals surface area (Å²) in [5.41, 5.74) is 7.61. The molecule has 3 N–H and O–H groups in total. The number of anilines is 1. The van der Waals surface area contributed by atoms with E-state index in [-0.39, 0.29) is 11.9 Å². The van der Waals surface area contributed by atoms with E-state index in [0.717, 1.165) is 22.8 Å². The fourth-order valence-corrected chi connectivity index (χ4v) is 2.40. The van der Waals surface area contributed by atoms with E-state index in [4.69, 9.17) is 17.3 Å². The van der Waals surface area contributed by atoms with Gasteiger partial charge in [0.25, 0.3) is 0 Å². The molecule has 1 aliphatic rings. The third kappa shape index (κ3) is 2.60. The van der Waals surface area contributed by atoms with Crippen LogP contribution < -0.4 is 16.0 Å². The lowest BCUT2D eigenvalue weighted by Crippen LogP contribution is -2.56. The molecule has 1 amide bonds. The second-order valence-electron chi connectivity index (χ2n) is 4.51. The topological polar surface area (TPSA) is 58.4 Å². The SMILES string of the molecule is Cc1ccc(N2CCNC(=O)C2CCN)cc1Cl. The van der Waals surface area contributed by atoms with Crippen molar-refractivity contribution in [3.63, 3.8) is 0 Å². The molecular formula is C13H18ClN3O. The van der Waals surface area contributed by atoms with E-state index in [1.54, 1.807) is 0 Å². The lowest BCUT2D eigenvalue weighted by molar-refractivity contribution is -0.123. The molecule has 4 nitrogen and oxygen atoms in total. The van der Waals surface area contributed by atoms with Crippen LogP contribution in [0.2, 0.25) is 5.02 Å². The van der Waals surface area contributed by atoms with E-state index in [0.29, 0.717) is 19.5 Å². The maximum Gasteiger partial charge on any atom is 0.242 e. The minimum atomic E-state index is -0.192. The van der Waals surface area contributed by atoms with Gasteiger partial charge in [-0.1, -0.05) is 17.7 Å². The average molecular weight is 268 g/mol. The highest BCUT2D eigenvalue weighted by molar-refractivity contribution is 6.31. The van der Waals surface area contributed by atoms with Gasteiger partial charge in [-0.05, 0) is 37.6 Å². The molecular weight excluding hydrogens is 250 g/mol. The summed E-state index contributed by atoms with van der Waals surface area (Å²) in [7, 11) is 0. The van der Waals surface area contributed by atoms with Crippen LogP contribution in [0, 0.1) is 6.92 Å². The number of benzene rings is 1. The van der Waals surface area contributed by atoms with Crippen LogP contribution in [0.5, 0.6) is 0 Å². The molecule has 1 aromatic carbocycles. The van der Waals surface area contributed by atoms with Gasteiger partial charge in [-0.3, -0.25) is 4.79 Å². The largest absolute Gasteiger partial charge is 0.358 e. The number of carbonyl (C=O) groups is 1. The smallest absolute Gasteiger partial charge is 0.242 e. The number of hydrogen-bond acceptors (Lipinski definition) is 3. The molecule has 5 heteroatoms. The highest BCUT2D eigenvalue weighted by Gasteiger charge is 2.29. The highest BCUT2D eigenvalue weighted by Crippen LogP contribution is 2.26. The van der Waals surface area contributed by atoms with Crippen LogP contribution in [0.15, 0.2) is 18.2 Å². The molecule has 0 radical (unpaired) electrons. The van der Waals surface area contributed by atoms with Gasteiger partial charge >= 0.3 is 0 Å². The molecule has 1 aliphatic heterocycles. The van der Waals surface area contributed by atoms with Crippen molar-refractivity contribution in [2.24, 2.45) is 5.73 Å². The van der Waals surface area contributed by atoms with Gasteiger partial charge in [0.1, 0.15) is 6.04 Å². The Morgan fingerprint density at radius 3 is 3.00 bits per heavy atom. The second kappa shape index (κ2) is 5.59. The number of hydrogen-bond donors (Lipinski definition) is 2. The fraction of sp³-hybridized carbons (Fsp3) is 0.462. The second-order valence-corrected chi connectivity index (χ2v) is 4.92. The number of amides is 1. The summed E-state index contributed by atoms with van der Waals surface area (Å²) < 4.78 is 0. The van der Waals surface area contributed by atoms with Crippen molar-refractivity contribution in [3.8, 4) is 0 Å². The van der Waals surface area contributed by atoms with Crippen LogP contribution in [-0.2, 0) is 4.79 Å². The number of carbonyl (C=O) groups excluding carboxylic acids is 1. The molecule has 1 fully saturated rings. The van der Waals surface area contributed by atoms with Gasteiger partial charge in [-0.2, -0.15) is 0 Å². The highest BCUT2D eigenvalue weighted by atomic mass is 35.5. The summed E-state index contributed by atoms with van der Waals surface area (Å²) in [6.07, 6.45) is 0.650. The summed E-state index contributed by atoms with van der Waals surface area (Å²) in [6, 6.07) is 5.70. The Morgan fingerprint density at radius 2 is 2.33 bits per heavy atom. The van der Waals surface area contributed by atoms with Crippen molar-refractivity contribution in [2.45, 2.75) is 19.4 Å². The van der Waals surface area contributed by atoms with Crippen molar-refractivity contribution in [1.29, 1.82) is 0 Å². The lowest BCUT2D eigenvalue weighted by atomic mass is 10.1. The normalized spacial score (nSPS) is 19.8. The molecule has 1 heterocycles. The standard InChI is InChI=1S/C13H18ClN3O/c1-9-2-3-10(8-11(9)14)17-7-6-16-13(18)12(17)4-5-15/h2-3,8,12H,4-7,15H2,1H3,(H,16,18). The predicted molar refractivity (Wildman–Crippen MR) is 74.0 cm³/mol. The third-order valence-corrected chi connectivity index (χ3v) is 3.67. The molecule has 1 atom stereocenters. The molecule has 0 aliphatic carbocycles. The quantitative estimate of drug-likeness (QED) is 0.868. The van der Waals surface area contributed by atoms with Gasteiger partial charge in [0.05, 0.1) is 0 Å². The zero-order valence-electron chi connectivity index (χ0n) is 10.4. The maximum atomic E-state index is 11.9. The third-order valence-electron chi connectivity index (χ3n) is 3.26. The van der Waals surface area contributed by atoms with Gasteiger partial charge in [-0.15, -0.1) is 0 Å². The Balaban J connectivity index is 2.28. The first-order valence-corrected chi connectivity index (χ1v) is 6.52. The van der Waals surface area contributed by atoms with Crippen LogP contribution >= 0.6 is 11.6 Å². The van der Waals surface area contributed by atoms with E-state index >= 15 is 0 Å². The zero-order valence-corrected chi connectivity index (χ0v) is 11.2. The number of piperazine rings is 1. The molecule has 0 bridgehead atoms. The number of nitrogens with one attached hydrogen (secondary N) is 1. The Hall–Kier alpha value is -1.26. The van der Waals surface area contributed by atoms with Crippen LogP contribution in [-0.4, -0.2) is 31.6 Å². The fourth-order valence-electron chi connectivity index (χ4n) is 2.23. The molecule has 0 saturated carbocycles. The molecule has 2 rings (SSSR count). The zero-order chi connectivity index (χ0) is 13.1. The first-order valence-electron chi connectivity index (χ1n) is 6.14. The monoisotopic (exact) mass is 267 g/mol. The van der Waals surface area contributed by atoms with Crippen molar-refractivity contribution >= 4 is 23.2 Å². The molecule has 18 heavy (non-hydrogen) atoms. The van der Waals surface area contributed by atoms with Crippen molar-refractivity contribution < 1.29 is 4.79 Å². The van der Waals surface area contributed by atoms with E-state index in [2.05, 4.69) is 10.2 Å².